The summed E-state index contributed by atoms with van der Waals surface area (Å²) in [4.78, 5) is 15.9. The van der Waals surface area contributed by atoms with Gasteiger partial charge in [-0.3, -0.25) is 4.99 Å². The van der Waals surface area contributed by atoms with Crippen LogP contribution in [0.25, 0.3) is 0 Å². The van der Waals surface area contributed by atoms with Crippen LogP contribution in [0, 0.1) is 5.41 Å². The first kappa shape index (κ1) is 31.0. The van der Waals surface area contributed by atoms with Crippen molar-refractivity contribution < 1.29 is 14.6 Å². The molecular formula is C29H46N2O3S. The summed E-state index contributed by atoms with van der Waals surface area (Å²) in [5, 5.41) is 12.1. The van der Waals surface area contributed by atoms with Crippen molar-refractivity contribution >= 4 is 24.1 Å². The second-order valence-electron chi connectivity index (χ2n) is 10.6. The molecule has 0 saturated carbocycles. The molecule has 0 radical (unpaired) electrons. The van der Waals surface area contributed by atoms with Crippen molar-refractivity contribution in [2.75, 3.05) is 25.4 Å². The lowest BCUT2D eigenvalue weighted by Crippen LogP contribution is -2.34. The molecule has 1 amide bonds. The molecule has 0 saturated heterocycles. The van der Waals surface area contributed by atoms with Crippen LogP contribution in [-0.4, -0.2) is 53.7 Å². The largest absolute Gasteiger partial charge is 0.444 e. The first-order chi connectivity index (χ1) is 16.4. The maximum absolute atomic E-state index is 11.9. The highest BCUT2D eigenvalue weighted by Gasteiger charge is 2.31. The Hall–Kier alpha value is -2.05. The molecule has 0 aliphatic heterocycles. The number of nitrogens with one attached hydrogen (secondary N) is 1. The van der Waals surface area contributed by atoms with E-state index in [-0.39, 0.29) is 18.1 Å². The lowest BCUT2D eigenvalue weighted by molar-refractivity contribution is 0.0531. The first-order valence-corrected chi connectivity index (χ1v) is 13.5. The Bertz CT molecular complexity index is 871. The molecule has 1 aliphatic rings. The molecule has 1 unspecified atom stereocenters. The molecule has 1 atom stereocenters. The molecule has 0 bridgehead atoms. The second-order valence-corrected chi connectivity index (χ2v) is 11.9. The zero-order valence-electron chi connectivity index (χ0n) is 23.0. The number of ether oxygens (including phenoxy) is 1. The average molecular weight is 503 g/mol. The first-order valence-electron chi connectivity index (χ1n) is 12.5. The van der Waals surface area contributed by atoms with E-state index >= 15 is 0 Å². The molecule has 5 nitrogen and oxygen atoms in total. The van der Waals surface area contributed by atoms with Crippen LogP contribution in [0.3, 0.4) is 0 Å². The van der Waals surface area contributed by atoms with Crippen molar-refractivity contribution in [2.45, 2.75) is 79.1 Å². The summed E-state index contributed by atoms with van der Waals surface area (Å²) in [5.74, 6) is 0.861. The van der Waals surface area contributed by atoms with E-state index < -0.39 is 5.60 Å². The molecule has 0 aromatic rings. The zero-order valence-corrected chi connectivity index (χ0v) is 23.8. The summed E-state index contributed by atoms with van der Waals surface area (Å²) in [6, 6.07) is 0. The van der Waals surface area contributed by atoms with Crippen LogP contribution < -0.4 is 5.32 Å². The van der Waals surface area contributed by atoms with Crippen molar-refractivity contribution in [2.24, 2.45) is 10.4 Å². The fraction of sp³-hybridized carbons (Fsp3) is 0.586. The molecule has 1 aliphatic carbocycles. The van der Waals surface area contributed by atoms with Gasteiger partial charge in [0.05, 0.1) is 13.2 Å². The molecule has 1 rings (SSSR count). The Morgan fingerprint density at radius 1 is 1.23 bits per heavy atom. The summed E-state index contributed by atoms with van der Waals surface area (Å²) in [5.41, 5.74) is 4.82. The number of hydrogen-bond donors (Lipinski definition) is 2. The van der Waals surface area contributed by atoms with E-state index in [1.807, 2.05) is 45.5 Å². The van der Waals surface area contributed by atoms with Gasteiger partial charge in [0.2, 0.25) is 0 Å². The fourth-order valence-electron chi connectivity index (χ4n) is 3.76. The van der Waals surface area contributed by atoms with Gasteiger partial charge < -0.3 is 15.2 Å². The third kappa shape index (κ3) is 13.0. The van der Waals surface area contributed by atoms with Crippen molar-refractivity contribution in [1.29, 1.82) is 0 Å². The number of aliphatic hydroxyl groups excluding tert-OH is 1. The summed E-state index contributed by atoms with van der Waals surface area (Å²) >= 11 is 1.91. The molecule has 2 N–H and O–H groups in total. The Labute approximate surface area is 217 Å². The Balaban J connectivity index is 2.74. The fourth-order valence-corrected chi connectivity index (χ4v) is 4.93. The van der Waals surface area contributed by atoms with E-state index in [0.29, 0.717) is 18.3 Å². The molecule has 0 aromatic heterocycles. The van der Waals surface area contributed by atoms with E-state index in [2.05, 4.69) is 68.4 Å². The summed E-state index contributed by atoms with van der Waals surface area (Å²) in [7, 11) is 0. The Morgan fingerprint density at radius 3 is 2.57 bits per heavy atom. The maximum Gasteiger partial charge on any atom is 0.407 e. The highest BCUT2D eigenvalue weighted by molar-refractivity contribution is 8.00. The Kier molecular flexibility index (Phi) is 13.4. The van der Waals surface area contributed by atoms with Gasteiger partial charge in [-0.25, -0.2) is 4.79 Å². The van der Waals surface area contributed by atoms with Crippen LogP contribution in [0.15, 0.2) is 63.7 Å². The van der Waals surface area contributed by atoms with Gasteiger partial charge >= 0.3 is 6.09 Å². The third-order valence-electron chi connectivity index (χ3n) is 5.66. The number of nitrogens with zero attached hydrogens (tertiary/aromatic N) is 1. The maximum atomic E-state index is 11.9. The molecule has 35 heavy (non-hydrogen) atoms. The number of carbonyl (C=O) groups excluding carboxylic acids is 1. The van der Waals surface area contributed by atoms with Crippen LogP contribution in [0.1, 0.15) is 68.2 Å². The zero-order chi connectivity index (χ0) is 26.5. The number of allylic oxidation sites excluding steroid dienone is 9. The van der Waals surface area contributed by atoms with Crippen LogP contribution in [0.4, 0.5) is 4.79 Å². The lowest BCUT2D eigenvalue weighted by atomic mass is 9.72. The average Bonchev–Trinajstić information content (AvgIpc) is 2.74. The van der Waals surface area contributed by atoms with Gasteiger partial charge in [-0.15, -0.1) is 0 Å². The molecule has 0 heterocycles. The van der Waals surface area contributed by atoms with Crippen molar-refractivity contribution in [3.63, 3.8) is 0 Å². The minimum atomic E-state index is -0.472. The van der Waals surface area contributed by atoms with Gasteiger partial charge in [-0.2, -0.15) is 11.8 Å². The van der Waals surface area contributed by atoms with Gasteiger partial charge in [0, 0.05) is 23.8 Å². The third-order valence-corrected chi connectivity index (χ3v) is 7.09. The van der Waals surface area contributed by atoms with E-state index in [9.17, 15) is 4.79 Å². The Morgan fingerprint density at radius 2 is 1.91 bits per heavy atom. The summed E-state index contributed by atoms with van der Waals surface area (Å²) < 4.78 is 5.31. The number of aliphatic hydroxyl groups is 1. The van der Waals surface area contributed by atoms with E-state index in [0.717, 1.165) is 24.2 Å². The second kappa shape index (κ2) is 15.1. The van der Waals surface area contributed by atoms with Gasteiger partial charge in [0.25, 0.3) is 0 Å². The predicted octanol–water partition coefficient (Wildman–Crippen LogP) is 6.82. The molecule has 0 aromatic carbocycles. The monoisotopic (exact) mass is 502 g/mol. The topological polar surface area (TPSA) is 70.9 Å². The number of hydrogen-bond acceptors (Lipinski definition) is 5. The molecule has 0 fully saturated rings. The quantitative estimate of drug-likeness (QED) is 0.185. The standard InChI is InChI=1S/C29H46N2O3S/c1-22(10-9-11-23(2)15-17-30-18-20-32)12-13-25-24(3)26(14-16-29(25,7)8)35-21-19-31-27(33)34-28(4,5)6/h9-13,15,17,26,32H,14,16,18-21H2,1-8H3,(H,31,33). The van der Waals surface area contributed by atoms with Crippen LogP contribution >= 0.6 is 11.8 Å². The van der Waals surface area contributed by atoms with Crippen molar-refractivity contribution in [3.8, 4) is 0 Å². The number of aliphatic imine (C=N–C) groups is 1. The van der Waals surface area contributed by atoms with Crippen molar-refractivity contribution in [3.05, 3.63) is 58.7 Å². The molecule has 6 heteroatoms. The predicted molar refractivity (Wildman–Crippen MR) is 152 cm³/mol. The van der Waals surface area contributed by atoms with Crippen LogP contribution in [0.5, 0.6) is 0 Å². The summed E-state index contributed by atoms with van der Waals surface area (Å²) in [6.45, 7) is 17.8. The van der Waals surface area contributed by atoms with Gasteiger partial charge in [-0.1, -0.05) is 55.4 Å². The number of carbonyl (C=O) groups is 1. The SMILES string of the molecule is CC(C=CC1=C(C)C(SCCNC(=O)OC(C)(C)C)CCC1(C)C)=CC=CC(C)=CC=NCCO. The molecule has 0 spiro atoms. The summed E-state index contributed by atoms with van der Waals surface area (Å²) in [6.07, 6.45) is 16.3. The molecular weight excluding hydrogens is 456 g/mol. The highest BCUT2D eigenvalue weighted by atomic mass is 32.2. The lowest BCUT2D eigenvalue weighted by Gasteiger charge is -2.37. The number of rotatable bonds is 11. The number of alkyl carbamates (subject to hydrolysis) is 1. The van der Waals surface area contributed by atoms with Crippen molar-refractivity contribution in [1.82, 2.24) is 5.32 Å². The minimum absolute atomic E-state index is 0.0744. The van der Waals surface area contributed by atoms with E-state index in [1.165, 1.54) is 16.7 Å². The van der Waals surface area contributed by atoms with Gasteiger partial charge in [0.15, 0.2) is 0 Å². The van der Waals surface area contributed by atoms with Crippen LogP contribution in [0.2, 0.25) is 0 Å². The number of thioether (sulfide) groups is 1. The molecule has 196 valence electrons. The highest BCUT2D eigenvalue weighted by Crippen LogP contribution is 2.44. The normalized spacial score (nSPS) is 19.9. The van der Waals surface area contributed by atoms with E-state index in [1.54, 1.807) is 6.21 Å². The van der Waals surface area contributed by atoms with E-state index in [4.69, 9.17) is 9.84 Å². The van der Waals surface area contributed by atoms with Crippen LogP contribution in [-0.2, 0) is 4.74 Å². The van der Waals surface area contributed by atoms with Gasteiger partial charge in [0.1, 0.15) is 5.60 Å². The smallest absolute Gasteiger partial charge is 0.407 e. The van der Waals surface area contributed by atoms with Gasteiger partial charge in [-0.05, 0) is 77.0 Å². The number of amides is 1. The minimum Gasteiger partial charge on any atom is -0.444 e.